The van der Waals surface area contributed by atoms with Crippen LogP contribution in [0.5, 0.6) is 11.5 Å². The molecule has 0 saturated carbocycles. The van der Waals surface area contributed by atoms with Crippen molar-refractivity contribution in [3.63, 3.8) is 0 Å². The van der Waals surface area contributed by atoms with Gasteiger partial charge in [-0.15, -0.1) is 0 Å². The molecule has 20 heavy (non-hydrogen) atoms. The summed E-state index contributed by atoms with van der Waals surface area (Å²) in [6.07, 6.45) is 0. The third-order valence-corrected chi connectivity index (χ3v) is 2.62. The van der Waals surface area contributed by atoms with Gasteiger partial charge >= 0.3 is 0 Å². The molecule has 2 aromatic rings. The lowest BCUT2D eigenvalue weighted by molar-refractivity contribution is 0.269. The molecule has 2 N–H and O–H groups in total. The first-order valence-corrected chi connectivity index (χ1v) is 6.02. The predicted octanol–water partition coefficient (Wildman–Crippen LogP) is 1.28. The molecule has 2 rings (SSSR count). The zero-order chi connectivity index (χ0) is 14.4. The number of ether oxygens (including phenoxy) is 2. The molecule has 0 aliphatic heterocycles. The van der Waals surface area contributed by atoms with Gasteiger partial charge in [0.1, 0.15) is 29.5 Å². The average Bonchev–Trinajstić information content (AvgIpc) is 2.88. The largest absolute Gasteiger partial charge is 0.497 e. The summed E-state index contributed by atoms with van der Waals surface area (Å²) in [4.78, 5) is 0. The van der Waals surface area contributed by atoms with Crippen molar-refractivity contribution in [3.05, 3.63) is 35.2 Å². The number of hydrogen-bond acceptors (Lipinski definition) is 6. The van der Waals surface area contributed by atoms with E-state index in [0.29, 0.717) is 28.5 Å². The number of nitrogens with two attached hydrogens (primary N) is 1. The second-order valence-corrected chi connectivity index (χ2v) is 3.95. The van der Waals surface area contributed by atoms with Crippen molar-refractivity contribution in [1.82, 2.24) is 10.3 Å². The highest BCUT2D eigenvalue weighted by Gasteiger charge is 2.08. The zero-order valence-corrected chi connectivity index (χ0v) is 11.3. The molecule has 0 fully saturated rings. The van der Waals surface area contributed by atoms with E-state index in [9.17, 15) is 0 Å². The first-order valence-electron chi connectivity index (χ1n) is 6.02. The minimum Gasteiger partial charge on any atom is -0.497 e. The lowest BCUT2D eigenvalue weighted by atomic mass is 10.2. The van der Waals surface area contributed by atoms with Crippen molar-refractivity contribution in [2.24, 2.45) is 5.73 Å². The molecule has 1 heterocycles. The quantitative estimate of drug-likeness (QED) is 0.845. The van der Waals surface area contributed by atoms with Gasteiger partial charge in [0.25, 0.3) is 0 Å². The van der Waals surface area contributed by atoms with Gasteiger partial charge in [0.05, 0.1) is 19.2 Å². The summed E-state index contributed by atoms with van der Waals surface area (Å²) in [6.45, 7) is 2.35. The molecule has 0 aliphatic rings. The van der Waals surface area contributed by atoms with Gasteiger partial charge in [0.2, 0.25) is 0 Å². The molecule has 0 saturated heterocycles. The van der Waals surface area contributed by atoms with E-state index in [-0.39, 0.29) is 13.2 Å². The molecule has 1 aromatic carbocycles. The third kappa shape index (κ3) is 3.28. The van der Waals surface area contributed by atoms with E-state index >= 15 is 0 Å². The predicted molar refractivity (Wildman–Crippen MR) is 72.3 cm³/mol. The molecule has 0 bridgehead atoms. The van der Waals surface area contributed by atoms with Crippen LogP contribution in [0, 0.1) is 18.8 Å². The molecule has 0 radical (unpaired) electrons. The number of aromatic nitrogens is 2. The smallest absolute Gasteiger partial charge is 0.145 e. The Hall–Kier alpha value is -2.52. The van der Waals surface area contributed by atoms with Gasteiger partial charge in [-0.05, 0) is 25.1 Å². The van der Waals surface area contributed by atoms with Crippen molar-refractivity contribution < 1.29 is 14.1 Å². The molecule has 0 aliphatic carbocycles. The molecule has 0 spiro atoms. The van der Waals surface area contributed by atoms with Crippen LogP contribution in [0.3, 0.4) is 0 Å². The van der Waals surface area contributed by atoms with Crippen LogP contribution in [-0.4, -0.2) is 24.0 Å². The summed E-state index contributed by atoms with van der Waals surface area (Å²) < 4.78 is 15.5. The van der Waals surface area contributed by atoms with E-state index < -0.39 is 0 Å². The monoisotopic (exact) mass is 273 g/mol. The fraction of sp³-hybridized carbons (Fsp3) is 0.286. The summed E-state index contributed by atoms with van der Waals surface area (Å²) in [5.41, 5.74) is 7.46. The molecule has 6 nitrogen and oxygen atoms in total. The maximum Gasteiger partial charge on any atom is 0.145 e. The standard InChI is InChI=1S/C14H15N3O3/c1-10-13(17-20-16-10)9-19-14-6-5-12(18-2)8-11(14)4-3-7-15/h5-6,8H,7,9,15H2,1-2H3. The second kappa shape index (κ2) is 6.59. The highest BCUT2D eigenvalue weighted by molar-refractivity contribution is 5.50. The van der Waals surface area contributed by atoms with Crippen molar-refractivity contribution in [2.45, 2.75) is 13.5 Å². The van der Waals surface area contributed by atoms with Crippen LogP contribution >= 0.6 is 0 Å². The minimum absolute atomic E-state index is 0.263. The Balaban J connectivity index is 2.19. The molecule has 6 heteroatoms. The first-order chi connectivity index (χ1) is 9.74. The number of hydrogen-bond donors (Lipinski definition) is 1. The summed E-state index contributed by atoms with van der Waals surface area (Å²) >= 11 is 0. The number of aryl methyl sites for hydroxylation is 1. The SMILES string of the molecule is COc1ccc(OCc2nonc2C)c(C#CCN)c1. The number of rotatable bonds is 4. The van der Waals surface area contributed by atoms with Crippen LogP contribution in [0.25, 0.3) is 0 Å². The van der Waals surface area contributed by atoms with E-state index in [1.54, 1.807) is 32.2 Å². The first kappa shape index (κ1) is 13.9. The van der Waals surface area contributed by atoms with Gasteiger partial charge in [-0.2, -0.15) is 0 Å². The van der Waals surface area contributed by atoms with E-state index in [0.717, 1.165) is 0 Å². The van der Waals surface area contributed by atoms with E-state index in [1.807, 2.05) is 0 Å². The van der Waals surface area contributed by atoms with E-state index in [2.05, 4.69) is 26.8 Å². The Morgan fingerprint density at radius 2 is 2.20 bits per heavy atom. The maximum absolute atomic E-state index is 5.70. The molecule has 0 unspecified atom stereocenters. The second-order valence-electron chi connectivity index (χ2n) is 3.95. The summed E-state index contributed by atoms with van der Waals surface area (Å²) in [5, 5.41) is 7.46. The minimum atomic E-state index is 0.263. The summed E-state index contributed by atoms with van der Waals surface area (Å²) in [5.74, 6) is 7.09. The van der Waals surface area contributed by atoms with Gasteiger partial charge in [0.15, 0.2) is 0 Å². The van der Waals surface area contributed by atoms with Gasteiger partial charge in [-0.25, -0.2) is 4.63 Å². The maximum atomic E-state index is 5.70. The van der Waals surface area contributed by atoms with Crippen molar-refractivity contribution >= 4 is 0 Å². The van der Waals surface area contributed by atoms with E-state index in [1.165, 1.54) is 0 Å². The highest BCUT2D eigenvalue weighted by Crippen LogP contribution is 2.24. The van der Waals surface area contributed by atoms with Crippen LogP contribution in [0.15, 0.2) is 22.8 Å². The molecule has 104 valence electrons. The van der Waals surface area contributed by atoms with Gasteiger partial charge in [-0.1, -0.05) is 22.2 Å². The van der Waals surface area contributed by atoms with Gasteiger partial charge < -0.3 is 15.2 Å². The topological polar surface area (TPSA) is 83.4 Å². The van der Waals surface area contributed by atoms with Gasteiger partial charge in [0, 0.05) is 0 Å². The average molecular weight is 273 g/mol. The Morgan fingerprint density at radius 3 is 2.85 bits per heavy atom. The summed E-state index contributed by atoms with van der Waals surface area (Å²) in [6, 6.07) is 5.39. The Labute approximate surface area is 116 Å². The van der Waals surface area contributed by atoms with Crippen LogP contribution in [0.2, 0.25) is 0 Å². The normalized spacial score (nSPS) is 9.75. The number of nitrogens with zero attached hydrogens (tertiary/aromatic N) is 2. The highest BCUT2D eigenvalue weighted by atomic mass is 16.6. The fourth-order valence-corrected chi connectivity index (χ4v) is 1.53. The number of benzene rings is 1. The molecular formula is C14H15N3O3. The molecular weight excluding hydrogens is 258 g/mol. The van der Waals surface area contributed by atoms with Crippen LogP contribution < -0.4 is 15.2 Å². The van der Waals surface area contributed by atoms with Crippen LogP contribution in [0.1, 0.15) is 17.0 Å². The van der Waals surface area contributed by atoms with Crippen molar-refractivity contribution in [1.29, 1.82) is 0 Å². The Bertz CT molecular complexity index is 641. The Kier molecular flexibility index (Phi) is 4.58. The van der Waals surface area contributed by atoms with Crippen molar-refractivity contribution in [2.75, 3.05) is 13.7 Å². The lowest BCUT2D eigenvalue weighted by Crippen LogP contribution is -2.00. The lowest BCUT2D eigenvalue weighted by Gasteiger charge is -2.08. The molecule has 0 atom stereocenters. The van der Waals surface area contributed by atoms with Crippen LogP contribution in [-0.2, 0) is 6.61 Å². The molecule has 0 amide bonds. The fourth-order valence-electron chi connectivity index (χ4n) is 1.53. The third-order valence-electron chi connectivity index (χ3n) is 2.62. The summed E-state index contributed by atoms with van der Waals surface area (Å²) in [7, 11) is 1.60. The number of methoxy groups -OCH3 is 1. The zero-order valence-electron chi connectivity index (χ0n) is 11.3. The molecule has 1 aromatic heterocycles. The Morgan fingerprint density at radius 1 is 1.35 bits per heavy atom. The van der Waals surface area contributed by atoms with Crippen molar-refractivity contribution in [3.8, 4) is 23.3 Å². The van der Waals surface area contributed by atoms with Crippen LogP contribution in [0.4, 0.5) is 0 Å². The van der Waals surface area contributed by atoms with Gasteiger partial charge in [-0.3, -0.25) is 0 Å². The van der Waals surface area contributed by atoms with E-state index in [4.69, 9.17) is 15.2 Å².